The molecule has 1 fully saturated rings. The number of likely N-dealkylation sites (tertiary alicyclic amines) is 1. The molecular formula is C24H30N4O3. The molecule has 31 heavy (non-hydrogen) atoms. The SMILES string of the molecule is COCC(=O)N1CCC[C@@H](c2nc(C)c3c(n2)N(CCCc2ccccc2)C(=O)C3)C1. The molecule has 1 aromatic carbocycles. The Morgan fingerprint density at radius 1 is 1.23 bits per heavy atom. The summed E-state index contributed by atoms with van der Waals surface area (Å²) in [5, 5.41) is 0. The molecule has 0 unspecified atom stereocenters. The Labute approximate surface area is 183 Å². The molecule has 7 nitrogen and oxygen atoms in total. The number of nitrogens with zero attached hydrogens (tertiary/aromatic N) is 4. The summed E-state index contributed by atoms with van der Waals surface area (Å²) < 4.78 is 5.01. The van der Waals surface area contributed by atoms with Crippen LogP contribution in [-0.4, -0.2) is 60.0 Å². The number of methoxy groups -OCH3 is 1. The van der Waals surface area contributed by atoms with E-state index in [4.69, 9.17) is 14.7 Å². The van der Waals surface area contributed by atoms with Crippen LogP contribution in [0.25, 0.3) is 0 Å². The average molecular weight is 423 g/mol. The molecule has 0 N–H and O–H groups in total. The van der Waals surface area contributed by atoms with Gasteiger partial charge in [-0.1, -0.05) is 30.3 Å². The van der Waals surface area contributed by atoms with Crippen molar-refractivity contribution in [2.24, 2.45) is 0 Å². The summed E-state index contributed by atoms with van der Waals surface area (Å²) >= 11 is 0. The second kappa shape index (κ2) is 9.56. The molecular weight excluding hydrogens is 392 g/mol. The quantitative estimate of drug-likeness (QED) is 0.686. The predicted octanol–water partition coefficient (Wildman–Crippen LogP) is 2.66. The zero-order valence-corrected chi connectivity index (χ0v) is 18.3. The van der Waals surface area contributed by atoms with Crippen molar-refractivity contribution in [3.8, 4) is 0 Å². The average Bonchev–Trinajstić information content (AvgIpc) is 3.11. The Kier molecular flexibility index (Phi) is 6.61. The summed E-state index contributed by atoms with van der Waals surface area (Å²) in [4.78, 5) is 38.3. The third-order valence-corrected chi connectivity index (χ3v) is 6.19. The molecule has 0 spiro atoms. The normalized spacial score (nSPS) is 18.4. The number of amides is 2. The summed E-state index contributed by atoms with van der Waals surface area (Å²) in [6, 6.07) is 10.3. The Balaban J connectivity index is 1.49. The van der Waals surface area contributed by atoms with E-state index in [0.29, 0.717) is 19.5 Å². The fourth-order valence-electron chi connectivity index (χ4n) is 4.53. The molecule has 1 saturated heterocycles. The van der Waals surface area contributed by atoms with Gasteiger partial charge >= 0.3 is 0 Å². The highest BCUT2D eigenvalue weighted by atomic mass is 16.5. The van der Waals surface area contributed by atoms with Gasteiger partial charge in [0, 0.05) is 43.9 Å². The van der Waals surface area contributed by atoms with E-state index in [0.717, 1.165) is 55.1 Å². The molecule has 1 atom stereocenters. The molecule has 7 heteroatoms. The van der Waals surface area contributed by atoms with Crippen molar-refractivity contribution in [1.29, 1.82) is 0 Å². The first kappa shape index (κ1) is 21.4. The van der Waals surface area contributed by atoms with Crippen LogP contribution in [0.2, 0.25) is 0 Å². The van der Waals surface area contributed by atoms with Crippen molar-refractivity contribution >= 4 is 17.6 Å². The molecule has 2 aromatic rings. The molecule has 4 rings (SSSR count). The van der Waals surface area contributed by atoms with Crippen LogP contribution in [-0.2, 0) is 27.2 Å². The van der Waals surface area contributed by atoms with Gasteiger partial charge in [-0.05, 0) is 38.2 Å². The number of aromatic nitrogens is 2. The van der Waals surface area contributed by atoms with Crippen LogP contribution in [0.1, 0.15) is 47.8 Å². The predicted molar refractivity (Wildman–Crippen MR) is 118 cm³/mol. The van der Waals surface area contributed by atoms with Gasteiger partial charge in [-0.15, -0.1) is 0 Å². The van der Waals surface area contributed by atoms with Crippen LogP contribution < -0.4 is 4.90 Å². The Morgan fingerprint density at radius 2 is 2.03 bits per heavy atom. The molecule has 2 aliphatic heterocycles. The minimum absolute atomic E-state index is 0.00259. The van der Waals surface area contributed by atoms with Gasteiger partial charge in [0.05, 0.1) is 6.42 Å². The van der Waals surface area contributed by atoms with Crippen molar-refractivity contribution in [1.82, 2.24) is 14.9 Å². The summed E-state index contributed by atoms with van der Waals surface area (Å²) in [7, 11) is 1.54. The second-order valence-corrected chi connectivity index (χ2v) is 8.39. The summed E-state index contributed by atoms with van der Waals surface area (Å²) in [5.41, 5.74) is 3.09. The number of fused-ring (bicyclic) bond motifs is 1. The topological polar surface area (TPSA) is 75.6 Å². The van der Waals surface area contributed by atoms with Gasteiger partial charge in [-0.3, -0.25) is 14.5 Å². The van der Waals surface area contributed by atoms with Gasteiger partial charge in [0.15, 0.2) is 0 Å². The van der Waals surface area contributed by atoms with E-state index < -0.39 is 0 Å². The van der Waals surface area contributed by atoms with Crippen molar-refractivity contribution in [2.45, 2.75) is 44.9 Å². The number of carbonyl (C=O) groups is 2. The van der Waals surface area contributed by atoms with Crippen LogP contribution in [0.4, 0.5) is 5.82 Å². The van der Waals surface area contributed by atoms with E-state index in [1.165, 1.54) is 12.7 Å². The van der Waals surface area contributed by atoms with Gasteiger partial charge in [-0.2, -0.15) is 0 Å². The first-order valence-electron chi connectivity index (χ1n) is 11.0. The van der Waals surface area contributed by atoms with Crippen molar-refractivity contribution < 1.29 is 14.3 Å². The number of hydrogen-bond donors (Lipinski definition) is 0. The first-order valence-corrected chi connectivity index (χ1v) is 11.0. The number of anilines is 1. The van der Waals surface area contributed by atoms with E-state index >= 15 is 0 Å². The Hall–Kier alpha value is -2.80. The zero-order valence-electron chi connectivity index (χ0n) is 18.3. The van der Waals surface area contributed by atoms with Crippen molar-refractivity contribution in [3.63, 3.8) is 0 Å². The monoisotopic (exact) mass is 422 g/mol. The lowest BCUT2D eigenvalue weighted by Crippen LogP contribution is -2.41. The molecule has 1 aromatic heterocycles. The number of carbonyl (C=O) groups excluding carboxylic acids is 2. The highest BCUT2D eigenvalue weighted by Crippen LogP contribution is 2.33. The van der Waals surface area contributed by atoms with Crippen molar-refractivity contribution in [2.75, 3.05) is 38.3 Å². The maximum absolute atomic E-state index is 12.7. The zero-order chi connectivity index (χ0) is 21.8. The molecule has 2 aliphatic rings. The third kappa shape index (κ3) is 4.77. The lowest BCUT2D eigenvalue weighted by Gasteiger charge is -2.32. The Morgan fingerprint density at radius 3 is 2.81 bits per heavy atom. The highest BCUT2D eigenvalue weighted by molar-refractivity contribution is 6.00. The molecule has 164 valence electrons. The maximum atomic E-state index is 12.7. The molecule has 0 saturated carbocycles. The van der Waals surface area contributed by atoms with Crippen molar-refractivity contribution in [3.05, 3.63) is 53.0 Å². The van der Waals surface area contributed by atoms with E-state index in [2.05, 4.69) is 12.1 Å². The minimum Gasteiger partial charge on any atom is -0.375 e. The third-order valence-electron chi connectivity index (χ3n) is 6.19. The lowest BCUT2D eigenvalue weighted by atomic mass is 9.96. The molecule has 2 amide bonds. The lowest BCUT2D eigenvalue weighted by molar-refractivity contribution is -0.136. The first-order chi connectivity index (χ1) is 15.1. The Bertz CT molecular complexity index is 947. The van der Waals surface area contributed by atoms with E-state index in [9.17, 15) is 9.59 Å². The van der Waals surface area contributed by atoms with Gasteiger partial charge in [0.2, 0.25) is 11.8 Å². The molecule has 0 bridgehead atoms. The number of benzene rings is 1. The standard InChI is InChI=1S/C24H30N4O3/c1-17-20-14-21(29)28(13-6-10-18-8-4-3-5-9-18)24(20)26-23(25-17)19-11-7-12-27(15-19)22(30)16-31-2/h3-5,8-9,19H,6-7,10-16H2,1-2H3/t19-/m1/s1. The number of rotatable bonds is 7. The number of piperidine rings is 1. The maximum Gasteiger partial charge on any atom is 0.248 e. The van der Waals surface area contributed by atoms with E-state index in [-0.39, 0.29) is 24.3 Å². The highest BCUT2D eigenvalue weighted by Gasteiger charge is 2.33. The fourth-order valence-corrected chi connectivity index (χ4v) is 4.53. The minimum atomic E-state index is 0.00259. The number of hydrogen-bond acceptors (Lipinski definition) is 5. The number of aryl methyl sites for hydroxylation is 2. The fraction of sp³-hybridized carbons (Fsp3) is 0.500. The second-order valence-electron chi connectivity index (χ2n) is 8.39. The number of ether oxygens (including phenoxy) is 1. The van der Waals surface area contributed by atoms with Gasteiger partial charge < -0.3 is 9.64 Å². The summed E-state index contributed by atoms with van der Waals surface area (Å²) in [5.74, 6) is 1.69. The van der Waals surface area contributed by atoms with Gasteiger partial charge in [0.25, 0.3) is 0 Å². The van der Waals surface area contributed by atoms with Crippen LogP contribution in [0.15, 0.2) is 30.3 Å². The molecule has 0 radical (unpaired) electrons. The smallest absolute Gasteiger partial charge is 0.248 e. The summed E-state index contributed by atoms with van der Waals surface area (Å²) in [6.07, 6.45) is 4.04. The largest absolute Gasteiger partial charge is 0.375 e. The van der Waals surface area contributed by atoms with Crippen LogP contribution in [0, 0.1) is 6.92 Å². The van der Waals surface area contributed by atoms with E-state index in [1.54, 1.807) is 0 Å². The summed E-state index contributed by atoms with van der Waals surface area (Å²) in [6.45, 7) is 4.05. The van der Waals surface area contributed by atoms with E-state index in [1.807, 2.05) is 34.9 Å². The van der Waals surface area contributed by atoms with Crippen LogP contribution >= 0.6 is 0 Å². The van der Waals surface area contributed by atoms with Gasteiger partial charge in [-0.25, -0.2) is 9.97 Å². The van der Waals surface area contributed by atoms with Crippen LogP contribution in [0.3, 0.4) is 0 Å². The molecule has 3 heterocycles. The molecule has 0 aliphatic carbocycles. The van der Waals surface area contributed by atoms with Crippen LogP contribution in [0.5, 0.6) is 0 Å². The van der Waals surface area contributed by atoms with Gasteiger partial charge in [0.1, 0.15) is 18.2 Å².